The van der Waals surface area contributed by atoms with Crippen molar-refractivity contribution < 1.29 is 53.8 Å². The summed E-state index contributed by atoms with van der Waals surface area (Å²) in [4.78, 5) is 36.7. The molecule has 0 aromatic rings. The predicted octanol–water partition coefficient (Wildman–Crippen LogP) is 8.25. The lowest BCUT2D eigenvalue weighted by Crippen LogP contribution is -2.60. The van der Waals surface area contributed by atoms with Crippen LogP contribution in [0.15, 0.2) is 24.3 Å². The SMILES string of the molecule is CCCCCC/C=C\CCCCCCCC(=O)OC(COC(=O)CCCCCCC/C=C\CCCCCCC)COC1OC(C(=O)O)C(O)C(O)C1O. The Balaban J connectivity index is 2.42. The topological polar surface area (TPSA) is 169 Å². The molecule has 0 spiro atoms. The van der Waals surface area contributed by atoms with E-state index in [1.54, 1.807) is 0 Å². The van der Waals surface area contributed by atoms with Crippen molar-refractivity contribution in [3.8, 4) is 0 Å². The molecule has 0 radical (unpaired) electrons. The first-order valence-electron chi connectivity index (χ1n) is 20.9. The van der Waals surface area contributed by atoms with E-state index in [1.807, 2.05) is 0 Å². The second kappa shape index (κ2) is 33.1. The van der Waals surface area contributed by atoms with E-state index in [9.17, 15) is 34.8 Å². The van der Waals surface area contributed by atoms with E-state index in [0.717, 1.165) is 77.0 Å². The van der Waals surface area contributed by atoms with Crippen LogP contribution >= 0.6 is 0 Å². The summed E-state index contributed by atoms with van der Waals surface area (Å²) in [6, 6.07) is 0. The molecule has 6 unspecified atom stereocenters. The molecule has 11 nitrogen and oxygen atoms in total. The molecule has 1 saturated heterocycles. The fraction of sp³-hybridized carbons (Fsp3) is 0.833. The van der Waals surface area contributed by atoms with Crippen LogP contribution in [0.1, 0.15) is 174 Å². The number of rotatable bonds is 34. The Morgan fingerprint density at radius 1 is 0.566 bits per heavy atom. The smallest absolute Gasteiger partial charge is 0.335 e. The molecule has 6 atom stereocenters. The molecule has 308 valence electrons. The maximum absolute atomic E-state index is 12.7. The highest BCUT2D eigenvalue weighted by molar-refractivity contribution is 5.73. The quantitative estimate of drug-likeness (QED) is 0.0284. The molecule has 0 aromatic carbocycles. The summed E-state index contributed by atoms with van der Waals surface area (Å²) in [5.41, 5.74) is 0. The van der Waals surface area contributed by atoms with Gasteiger partial charge < -0.3 is 39.4 Å². The highest BCUT2D eigenvalue weighted by atomic mass is 16.7. The number of hydrogen-bond donors (Lipinski definition) is 4. The molecule has 53 heavy (non-hydrogen) atoms. The minimum atomic E-state index is -1.86. The van der Waals surface area contributed by atoms with E-state index in [4.69, 9.17) is 18.9 Å². The standard InChI is InChI=1S/C42H74O11/c1-3-5-7-9-11-13-15-17-19-20-22-24-26-28-30-35(43)50-32-34(33-51-42-39(47)37(45)38(46)40(53-42)41(48)49)52-36(44)31-29-27-25-23-21-18-16-14-12-10-8-6-4-2/h14-17,34,37-40,42,45-47H,3-13,18-33H2,1-2H3,(H,48,49)/b16-14-,17-15-. The third-order valence-electron chi connectivity index (χ3n) is 9.52. The number of aliphatic hydroxyl groups is 3. The van der Waals surface area contributed by atoms with Gasteiger partial charge >= 0.3 is 17.9 Å². The van der Waals surface area contributed by atoms with Crippen molar-refractivity contribution in [1.82, 2.24) is 0 Å². The number of carbonyl (C=O) groups excluding carboxylic acids is 2. The average Bonchev–Trinajstić information content (AvgIpc) is 3.14. The Bertz CT molecular complexity index is 984. The molecule has 11 heteroatoms. The van der Waals surface area contributed by atoms with Gasteiger partial charge in [0.2, 0.25) is 0 Å². The van der Waals surface area contributed by atoms with Gasteiger partial charge in [0.05, 0.1) is 6.61 Å². The number of aliphatic carboxylic acids is 1. The predicted molar refractivity (Wildman–Crippen MR) is 206 cm³/mol. The number of carboxylic acids is 1. The van der Waals surface area contributed by atoms with Crippen molar-refractivity contribution in [3.05, 3.63) is 24.3 Å². The lowest BCUT2D eigenvalue weighted by Gasteiger charge is -2.38. The lowest BCUT2D eigenvalue weighted by molar-refractivity contribution is -0.298. The number of unbranched alkanes of at least 4 members (excludes halogenated alkanes) is 19. The van der Waals surface area contributed by atoms with E-state index in [0.29, 0.717) is 12.8 Å². The summed E-state index contributed by atoms with van der Waals surface area (Å²) < 4.78 is 21.7. The van der Waals surface area contributed by atoms with Gasteiger partial charge in [-0.15, -0.1) is 0 Å². The molecule has 0 amide bonds. The van der Waals surface area contributed by atoms with Gasteiger partial charge in [-0.2, -0.15) is 0 Å². The van der Waals surface area contributed by atoms with Crippen LogP contribution < -0.4 is 0 Å². The molecule has 0 saturated carbocycles. The largest absolute Gasteiger partial charge is 0.479 e. The van der Waals surface area contributed by atoms with Crippen molar-refractivity contribution in [2.75, 3.05) is 13.2 Å². The van der Waals surface area contributed by atoms with Gasteiger partial charge in [-0.05, 0) is 64.2 Å². The van der Waals surface area contributed by atoms with Crippen molar-refractivity contribution in [1.29, 1.82) is 0 Å². The highest BCUT2D eigenvalue weighted by Gasteiger charge is 2.47. The van der Waals surface area contributed by atoms with Gasteiger partial charge in [0.25, 0.3) is 0 Å². The van der Waals surface area contributed by atoms with Crippen molar-refractivity contribution >= 4 is 17.9 Å². The molecule has 0 aliphatic carbocycles. The minimum Gasteiger partial charge on any atom is -0.479 e. The Kier molecular flexibility index (Phi) is 30.4. The summed E-state index contributed by atoms with van der Waals surface area (Å²) in [5.74, 6) is -2.47. The van der Waals surface area contributed by atoms with Gasteiger partial charge in [-0.3, -0.25) is 9.59 Å². The van der Waals surface area contributed by atoms with Crippen LogP contribution in [0.2, 0.25) is 0 Å². The van der Waals surface area contributed by atoms with E-state index in [1.165, 1.54) is 57.8 Å². The molecule has 1 aliphatic rings. The second-order valence-corrected chi connectivity index (χ2v) is 14.5. The summed E-state index contributed by atoms with van der Waals surface area (Å²) in [5, 5.41) is 39.7. The molecule has 0 bridgehead atoms. The zero-order valence-electron chi connectivity index (χ0n) is 33.0. The Hall–Kier alpha value is -2.31. The summed E-state index contributed by atoms with van der Waals surface area (Å²) in [6.07, 6.45) is 25.2. The molecule has 1 rings (SSSR count). The number of aliphatic hydroxyl groups excluding tert-OH is 3. The summed E-state index contributed by atoms with van der Waals surface area (Å²) >= 11 is 0. The summed E-state index contributed by atoms with van der Waals surface area (Å²) in [6.45, 7) is 3.76. The van der Waals surface area contributed by atoms with Crippen molar-refractivity contribution in [2.24, 2.45) is 0 Å². The third-order valence-corrected chi connectivity index (χ3v) is 9.52. The second-order valence-electron chi connectivity index (χ2n) is 14.5. The first-order valence-corrected chi connectivity index (χ1v) is 20.9. The number of carbonyl (C=O) groups is 3. The van der Waals surface area contributed by atoms with Gasteiger partial charge in [-0.1, -0.05) is 122 Å². The normalized spacial score (nSPS) is 21.0. The molecule has 1 fully saturated rings. The first kappa shape index (κ1) is 48.7. The lowest BCUT2D eigenvalue weighted by atomic mass is 9.99. The number of ether oxygens (including phenoxy) is 4. The van der Waals surface area contributed by atoms with Gasteiger partial charge in [-0.25, -0.2) is 4.79 Å². The van der Waals surface area contributed by atoms with Crippen LogP contribution in [0.4, 0.5) is 0 Å². The zero-order valence-corrected chi connectivity index (χ0v) is 33.0. The molecular formula is C42H74O11. The fourth-order valence-electron chi connectivity index (χ4n) is 6.16. The zero-order chi connectivity index (χ0) is 38.9. The Morgan fingerprint density at radius 3 is 1.49 bits per heavy atom. The molecule has 1 aliphatic heterocycles. The summed E-state index contributed by atoms with van der Waals surface area (Å²) in [7, 11) is 0. The average molecular weight is 755 g/mol. The van der Waals surface area contributed by atoms with Crippen molar-refractivity contribution in [3.63, 3.8) is 0 Å². The maximum Gasteiger partial charge on any atom is 0.335 e. The van der Waals surface area contributed by atoms with E-state index >= 15 is 0 Å². The first-order chi connectivity index (χ1) is 25.7. The van der Waals surface area contributed by atoms with Crippen LogP contribution in [0.3, 0.4) is 0 Å². The van der Waals surface area contributed by atoms with Gasteiger partial charge in [0.15, 0.2) is 18.5 Å². The monoisotopic (exact) mass is 755 g/mol. The number of allylic oxidation sites excluding steroid dienone is 4. The maximum atomic E-state index is 12.7. The van der Waals surface area contributed by atoms with E-state index in [-0.39, 0.29) is 19.4 Å². The van der Waals surface area contributed by atoms with Crippen LogP contribution in [-0.4, -0.2) is 88.4 Å². The van der Waals surface area contributed by atoms with Crippen LogP contribution in [0.25, 0.3) is 0 Å². The van der Waals surface area contributed by atoms with Crippen LogP contribution in [0.5, 0.6) is 0 Å². The molecule has 4 N–H and O–H groups in total. The van der Waals surface area contributed by atoms with E-state index in [2.05, 4.69) is 38.2 Å². The number of hydrogen-bond acceptors (Lipinski definition) is 10. The highest BCUT2D eigenvalue weighted by Crippen LogP contribution is 2.23. The van der Waals surface area contributed by atoms with Gasteiger partial charge in [0, 0.05) is 12.8 Å². The molecule has 1 heterocycles. The van der Waals surface area contributed by atoms with Crippen LogP contribution in [-0.2, 0) is 33.3 Å². The third kappa shape index (κ3) is 25.4. The Labute approximate surface area is 319 Å². The number of carboxylic acid groups (broad SMARTS) is 1. The Morgan fingerprint density at radius 2 is 1.00 bits per heavy atom. The molecule has 0 aromatic heterocycles. The molecular weight excluding hydrogens is 680 g/mol. The minimum absolute atomic E-state index is 0.172. The number of esters is 2. The van der Waals surface area contributed by atoms with Crippen LogP contribution in [0, 0.1) is 0 Å². The van der Waals surface area contributed by atoms with E-state index < -0.39 is 61.3 Å². The fourth-order valence-corrected chi connectivity index (χ4v) is 6.16. The van der Waals surface area contributed by atoms with Crippen molar-refractivity contribution in [2.45, 2.75) is 211 Å². The van der Waals surface area contributed by atoms with Gasteiger partial charge in [0.1, 0.15) is 24.9 Å².